The van der Waals surface area contributed by atoms with Gasteiger partial charge in [0.1, 0.15) is 32.0 Å². The van der Waals surface area contributed by atoms with Crippen molar-refractivity contribution in [3.63, 3.8) is 0 Å². The van der Waals surface area contributed by atoms with Gasteiger partial charge in [0.2, 0.25) is 23.6 Å². The molecule has 6 rings (SSSR count). The molecule has 282 valence electrons. The molecule has 2 aromatic heterocycles. The predicted molar refractivity (Wildman–Crippen MR) is 191 cm³/mol. The lowest BCUT2D eigenvalue weighted by Gasteiger charge is -2.31. The second-order valence-electron chi connectivity index (χ2n) is 13.8. The number of aryl methyl sites for hydroxylation is 1. The van der Waals surface area contributed by atoms with E-state index in [0.717, 1.165) is 27.6 Å². The van der Waals surface area contributed by atoms with Crippen LogP contribution in [0, 0.1) is 6.92 Å². The van der Waals surface area contributed by atoms with Crippen LogP contribution in [0.1, 0.15) is 80.0 Å². The van der Waals surface area contributed by atoms with Crippen molar-refractivity contribution in [3.8, 4) is 11.4 Å². The van der Waals surface area contributed by atoms with Crippen molar-refractivity contribution in [1.29, 1.82) is 0 Å². The van der Waals surface area contributed by atoms with Crippen LogP contribution in [-0.2, 0) is 58.6 Å². The molecule has 0 saturated heterocycles. The number of ether oxygens (including phenoxy) is 2. The molecule has 3 aliphatic rings. The second kappa shape index (κ2) is 14.5. The van der Waals surface area contributed by atoms with E-state index in [4.69, 9.17) is 31.8 Å². The minimum Gasteiger partial charge on any atom is -0.458 e. The summed E-state index contributed by atoms with van der Waals surface area (Å²) in [5.41, 5.74) is 8.46. The van der Waals surface area contributed by atoms with Crippen molar-refractivity contribution in [1.82, 2.24) is 30.8 Å². The minimum absolute atomic E-state index is 0.00784. The summed E-state index contributed by atoms with van der Waals surface area (Å²) in [4.78, 5) is 81.5. The van der Waals surface area contributed by atoms with Gasteiger partial charge < -0.3 is 46.1 Å². The van der Waals surface area contributed by atoms with Crippen LogP contribution in [0.4, 0.5) is 0 Å². The topological polar surface area (TPSA) is 233 Å². The zero-order valence-corrected chi connectivity index (χ0v) is 30.7. The number of cyclic esters (lactones) is 1. The van der Waals surface area contributed by atoms with Crippen molar-refractivity contribution in [2.24, 2.45) is 5.73 Å². The Bertz CT molecular complexity index is 2130. The third-order valence-corrected chi connectivity index (χ3v) is 10.6. The van der Waals surface area contributed by atoms with E-state index >= 15 is 0 Å². The smallest absolute Gasteiger partial charge is 0.343 e. The van der Waals surface area contributed by atoms with E-state index in [2.05, 4.69) is 21.3 Å². The maximum Gasteiger partial charge on any atom is 0.343 e. The molecule has 0 saturated carbocycles. The first-order valence-corrected chi connectivity index (χ1v) is 17.8. The summed E-state index contributed by atoms with van der Waals surface area (Å²) in [6.45, 7) is 7.16. The Hall–Kier alpha value is -4.90. The number of amides is 4. The van der Waals surface area contributed by atoms with E-state index < -0.39 is 71.5 Å². The van der Waals surface area contributed by atoms with Gasteiger partial charge in [-0.15, -0.1) is 0 Å². The molecule has 0 spiro atoms. The number of aliphatic hydroxyl groups is 1. The van der Waals surface area contributed by atoms with Crippen molar-refractivity contribution in [2.75, 3.05) is 13.3 Å². The molecule has 17 heteroatoms. The third-order valence-electron chi connectivity index (χ3n) is 10.2. The molecule has 7 N–H and O–H groups in total. The fraction of sp³-hybridized carbons (Fsp3) is 0.472. The molecule has 1 aromatic carbocycles. The van der Waals surface area contributed by atoms with E-state index in [0.29, 0.717) is 34.8 Å². The van der Waals surface area contributed by atoms with Gasteiger partial charge in [-0.2, -0.15) is 0 Å². The number of halogens is 1. The Labute approximate surface area is 309 Å². The van der Waals surface area contributed by atoms with Crippen molar-refractivity contribution < 1.29 is 38.6 Å². The number of fused-ring (bicyclic) bond motifs is 5. The van der Waals surface area contributed by atoms with Crippen molar-refractivity contribution >= 4 is 52.1 Å². The summed E-state index contributed by atoms with van der Waals surface area (Å²) in [7, 11) is 0. The van der Waals surface area contributed by atoms with Crippen LogP contribution in [0.2, 0.25) is 5.02 Å². The molecule has 4 heterocycles. The van der Waals surface area contributed by atoms with Gasteiger partial charge in [0, 0.05) is 21.5 Å². The highest BCUT2D eigenvalue weighted by atomic mass is 35.5. The molecule has 5 atom stereocenters. The predicted octanol–water partition coefficient (Wildman–Crippen LogP) is 0.592. The van der Waals surface area contributed by atoms with E-state index in [9.17, 15) is 33.9 Å². The van der Waals surface area contributed by atoms with Gasteiger partial charge in [0.25, 0.3) is 5.56 Å². The Morgan fingerprint density at radius 1 is 1.09 bits per heavy atom. The number of hydrogen-bond donors (Lipinski definition) is 6. The number of nitrogens with one attached hydrogen (secondary N) is 4. The van der Waals surface area contributed by atoms with Crippen LogP contribution < -0.4 is 32.6 Å². The number of esters is 1. The number of carbonyl (C=O) groups is 5. The number of hydrogen-bond acceptors (Lipinski definition) is 11. The molecule has 0 fully saturated rings. The summed E-state index contributed by atoms with van der Waals surface area (Å²) in [6, 6.07) is 0.226. The largest absolute Gasteiger partial charge is 0.458 e. The van der Waals surface area contributed by atoms with Crippen LogP contribution in [0.5, 0.6) is 0 Å². The molecule has 2 aliphatic heterocycles. The first-order chi connectivity index (χ1) is 25.1. The van der Waals surface area contributed by atoms with Gasteiger partial charge in [-0.3, -0.25) is 24.0 Å². The summed E-state index contributed by atoms with van der Waals surface area (Å²) in [5.74, 6) is -2.93. The van der Waals surface area contributed by atoms with Gasteiger partial charge in [0.15, 0.2) is 5.60 Å². The van der Waals surface area contributed by atoms with Crippen molar-refractivity contribution in [2.45, 2.75) is 96.8 Å². The Morgan fingerprint density at radius 2 is 1.79 bits per heavy atom. The Kier molecular flexibility index (Phi) is 10.4. The van der Waals surface area contributed by atoms with Gasteiger partial charge in [-0.25, -0.2) is 9.78 Å². The van der Waals surface area contributed by atoms with Gasteiger partial charge in [-0.05, 0) is 75.8 Å². The van der Waals surface area contributed by atoms with Gasteiger partial charge in [-0.1, -0.05) is 18.5 Å². The number of rotatable bonds is 11. The monoisotopic (exact) mass is 751 g/mol. The quantitative estimate of drug-likeness (QED) is 0.0705. The molecule has 1 aliphatic carbocycles. The summed E-state index contributed by atoms with van der Waals surface area (Å²) in [5, 5.41) is 23.2. The highest BCUT2D eigenvalue weighted by molar-refractivity contribution is 6.32. The second-order valence-corrected chi connectivity index (χ2v) is 14.2. The van der Waals surface area contributed by atoms with E-state index in [1.165, 1.54) is 20.8 Å². The number of aromatic nitrogens is 2. The molecule has 4 amide bonds. The standard InChI is InChI=1S/C36H42ClN7O9/c1-6-36(51)22-9-26-30-20(11-44(26)34(49)21(22)12-53-35(36)50)29-24(8-7-19-15(2)23(37)10-25(43-30)28(19)29)42-27(45)13-52-14-39-32(47)17(4)41-33(48)18(5)40-31(46)16(3)38/h9-10,16-18,24,51H,6-8,11-14,38H2,1-5H3,(H,39,47)(H,40,46)(H,41,48)(H,42,45)/t16-,17-,18-,24?,36-/m0/s1. The van der Waals surface area contributed by atoms with Crippen LogP contribution >= 0.6 is 11.6 Å². The number of nitrogens with zero attached hydrogens (tertiary/aromatic N) is 2. The summed E-state index contributed by atoms with van der Waals surface area (Å²) < 4.78 is 12.2. The van der Waals surface area contributed by atoms with Crippen molar-refractivity contribution in [3.05, 3.63) is 60.9 Å². The molecule has 0 radical (unpaired) electrons. The first kappa shape index (κ1) is 37.8. The van der Waals surface area contributed by atoms with Crippen LogP contribution in [-0.4, -0.2) is 75.7 Å². The average molecular weight is 752 g/mol. The SMILES string of the molecule is CC[C@@]1(O)C(=O)OCc2c1cc1n(c2=O)Cc2c-1nc1cc(Cl)c(C)c3c1c2C(NC(=O)COCNC(=O)[C@H](C)NC(=O)[C@H](C)NC(=O)[C@H](C)N)CC3. The highest BCUT2D eigenvalue weighted by Gasteiger charge is 2.46. The van der Waals surface area contributed by atoms with E-state index in [1.54, 1.807) is 23.6 Å². The third kappa shape index (κ3) is 6.75. The van der Waals surface area contributed by atoms with Crippen LogP contribution in [0.3, 0.4) is 0 Å². The fourth-order valence-corrected chi connectivity index (χ4v) is 7.39. The lowest BCUT2D eigenvalue weighted by molar-refractivity contribution is -0.172. The Morgan fingerprint density at radius 3 is 2.49 bits per heavy atom. The molecular formula is C36H42ClN7O9. The van der Waals surface area contributed by atoms with Gasteiger partial charge in [0.05, 0.1) is 41.1 Å². The molecule has 3 aromatic rings. The lowest BCUT2D eigenvalue weighted by Crippen LogP contribution is -2.53. The van der Waals surface area contributed by atoms with E-state index in [1.807, 2.05) is 6.92 Å². The molecule has 53 heavy (non-hydrogen) atoms. The lowest BCUT2D eigenvalue weighted by atomic mass is 9.81. The van der Waals surface area contributed by atoms with E-state index in [-0.39, 0.29) is 37.4 Å². The molecule has 1 unspecified atom stereocenters. The number of carbonyl (C=O) groups excluding carboxylic acids is 5. The molecule has 16 nitrogen and oxygen atoms in total. The maximum absolute atomic E-state index is 13.9. The van der Waals surface area contributed by atoms with Crippen LogP contribution in [0.15, 0.2) is 16.9 Å². The van der Waals surface area contributed by atoms with Gasteiger partial charge >= 0.3 is 5.97 Å². The molecule has 0 bridgehead atoms. The molecular weight excluding hydrogens is 710 g/mol. The zero-order chi connectivity index (χ0) is 38.5. The first-order valence-electron chi connectivity index (χ1n) is 17.4. The summed E-state index contributed by atoms with van der Waals surface area (Å²) in [6.07, 6.45) is 1.12. The Balaban J connectivity index is 1.19. The number of nitrogens with two attached hydrogens (primary N) is 1. The number of pyridine rings is 2. The fourth-order valence-electron chi connectivity index (χ4n) is 7.17. The minimum atomic E-state index is -1.98. The summed E-state index contributed by atoms with van der Waals surface area (Å²) >= 11 is 6.66. The maximum atomic E-state index is 13.9. The van der Waals surface area contributed by atoms with Crippen LogP contribution in [0.25, 0.3) is 22.3 Å². The number of benzene rings is 1. The highest BCUT2D eigenvalue weighted by Crippen LogP contribution is 2.46. The normalized spacial score (nSPS) is 19.9. The zero-order valence-electron chi connectivity index (χ0n) is 30.0. The average Bonchev–Trinajstić information content (AvgIpc) is 3.49.